The van der Waals surface area contributed by atoms with E-state index in [1.165, 1.54) is 24.3 Å². The fourth-order valence-corrected chi connectivity index (χ4v) is 4.13. The van der Waals surface area contributed by atoms with Gasteiger partial charge < -0.3 is 42.7 Å². The van der Waals surface area contributed by atoms with Crippen LogP contribution in [0.2, 0.25) is 0 Å². The first-order valence-electron chi connectivity index (χ1n) is 13.6. The summed E-state index contributed by atoms with van der Waals surface area (Å²) in [5.41, 5.74) is 12.9. The van der Waals surface area contributed by atoms with Gasteiger partial charge in [-0.1, -0.05) is 38.1 Å². The maximum absolute atomic E-state index is 13.4. The standard InChI is InChI=1S/C29H41N5O7/c1-17(2)25(34-26(37)22(31)15-18-6-10-20(35)11-7-18)28(39)33-24(16-19-8-12-21(36)13-9-19)27(38)32-23(29(40)41)5-3-4-14-30/h6-13,17,22-25,35-36H,3-5,14-16,30-31H2,1-2H3,(H,32,38)(H,33,39)(H,34,37)(H,40,41). The second kappa shape index (κ2) is 16.2. The number of carbonyl (C=O) groups is 4. The number of nitrogens with one attached hydrogen (secondary N) is 3. The van der Waals surface area contributed by atoms with Crippen molar-refractivity contribution in [2.75, 3.05) is 6.54 Å². The van der Waals surface area contributed by atoms with Crippen molar-refractivity contribution in [3.8, 4) is 11.5 Å². The summed E-state index contributed by atoms with van der Waals surface area (Å²) in [4.78, 5) is 51.3. The van der Waals surface area contributed by atoms with Gasteiger partial charge in [0.1, 0.15) is 29.6 Å². The number of carboxylic acid groups (broad SMARTS) is 1. The van der Waals surface area contributed by atoms with Gasteiger partial charge in [-0.2, -0.15) is 0 Å². The number of hydrogen-bond acceptors (Lipinski definition) is 8. The highest BCUT2D eigenvalue weighted by molar-refractivity contribution is 5.94. The number of nitrogens with two attached hydrogens (primary N) is 2. The quantitative estimate of drug-likeness (QED) is 0.132. The largest absolute Gasteiger partial charge is 0.508 e. The summed E-state index contributed by atoms with van der Waals surface area (Å²) in [5.74, 6) is -3.39. The molecule has 0 aliphatic rings. The smallest absolute Gasteiger partial charge is 0.326 e. The van der Waals surface area contributed by atoms with Crippen LogP contribution in [-0.4, -0.2) is 69.7 Å². The summed E-state index contributed by atoms with van der Waals surface area (Å²) in [7, 11) is 0. The third-order valence-electron chi connectivity index (χ3n) is 6.55. The second-order valence-corrected chi connectivity index (χ2v) is 10.3. The van der Waals surface area contributed by atoms with Gasteiger partial charge in [-0.15, -0.1) is 0 Å². The maximum atomic E-state index is 13.4. The average Bonchev–Trinajstić information content (AvgIpc) is 2.92. The van der Waals surface area contributed by atoms with Crippen LogP contribution in [-0.2, 0) is 32.0 Å². The van der Waals surface area contributed by atoms with Crippen LogP contribution in [0.5, 0.6) is 11.5 Å². The lowest BCUT2D eigenvalue weighted by Crippen LogP contribution is -2.59. The molecule has 0 aromatic heterocycles. The number of aromatic hydroxyl groups is 2. The lowest BCUT2D eigenvalue weighted by atomic mass is 9.99. The third kappa shape index (κ3) is 11.1. The van der Waals surface area contributed by atoms with Crippen LogP contribution in [0.3, 0.4) is 0 Å². The highest BCUT2D eigenvalue weighted by Crippen LogP contribution is 2.14. The van der Waals surface area contributed by atoms with Crippen molar-refractivity contribution in [3.63, 3.8) is 0 Å². The lowest BCUT2D eigenvalue weighted by molar-refractivity contribution is -0.142. The van der Waals surface area contributed by atoms with E-state index in [1.54, 1.807) is 38.1 Å². The Bertz CT molecular complexity index is 1160. The van der Waals surface area contributed by atoms with Crippen molar-refractivity contribution < 1.29 is 34.5 Å². The van der Waals surface area contributed by atoms with Crippen molar-refractivity contribution in [3.05, 3.63) is 59.7 Å². The Labute approximate surface area is 239 Å². The van der Waals surface area contributed by atoms with Crippen LogP contribution in [0.15, 0.2) is 48.5 Å². The molecule has 10 N–H and O–H groups in total. The molecule has 0 heterocycles. The van der Waals surface area contributed by atoms with Crippen molar-refractivity contribution in [2.24, 2.45) is 17.4 Å². The van der Waals surface area contributed by atoms with Crippen LogP contribution in [0.25, 0.3) is 0 Å². The van der Waals surface area contributed by atoms with Crippen LogP contribution in [0.4, 0.5) is 0 Å². The van der Waals surface area contributed by atoms with E-state index in [0.29, 0.717) is 24.9 Å². The number of carboxylic acids is 1. The van der Waals surface area contributed by atoms with Crippen molar-refractivity contribution in [1.82, 2.24) is 16.0 Å². The maximum Gasteiger partial charge on any atom is 0.326 e. The molecule has 0 saturated heterocycles. The summed E-state index contributed by atoms with van der Waals surface area (Å²) < 4.78 is 0. The fraction of sp³-hybridized carbons (Fsp3) is 0.448. The average molecular weight is 572 g/mol. The van der Waals surface area contributed by atoms with Crippen LogP contribution < -0.4 is 27.4 Å². The summed E-state index contributed by atoms with van der Waals surface area (Å²) in [6, 6.07) is 7.93. The molecule has 41 heavy (non-hydrogen) atoms. The van der Waals surface area contributed by atoms with E-state index in [-0.39, 0.29) is 36.7 Å². The van der Waals surface area contributed by atoms with E-state index >= 15 is 0 Å². The number of benzene rings is 2. The molecule has 0 aliphatic carbocycles. The molecule has 0 fully saturated rings. The highest BCUT2D eigenvalue weighted by Gasteiger charge is 2.32. The molecule has 0 bridgehead atoms. The number of amides is 3. The first-order chi connectivity index (χ1) is 19.4. The molecule has 2 aromatic rings. The first kappa shape index (κ1) is 33.0. The Hall–Kier alpha value is -4.16. The van der Waals surface area contributed by atoms with E-state index in [4.69, 9.17) is 11.5 Å². The molecule has 0 radical (unpaired) electrons. The summed E-state index contributed by atoms with van der Waals surface area (Å²) in [5, 5.41) is 36.5. The SMILES string of the molecule is CC(C)C(NC(=O)C(N)Cc1ccc(O)cc1)C(=O)NC(Cc1ccc(O)cc1)C(=O)NC(CCCCN)C(=O)O. The van der Waals surface area contributed by atoms with Gasteiger partial charge in [-0.25, -0.2) is 4.79 Å². The number of phenols is 2. The molecule has 4 unspecified atom stereocenters. The molecule has 12 heteroatoms. The van der Waals surface area contributed by atoms with Gasteiger partial charge in [0.15, 0.2) is 0 Å². The van der Waals surface area contributed by atoms with E-state index in [9.17, 15) is 34.5 Å². The number of phenolic OH excluding ortho intramolecular Hbond substituents is 2. The molecular formula is C29H41N5O7. The fourth-order valence-electron chi connectivity index (χ4n) is 4.13. The summed E-state index contributed by atoms with van der Waals surface area (Å²) in [6.45, 7) is 3.84. The number of aliphatic carboxylic acids is 1. The van der Waals surface area contributed by atoms with E-state index in [1.807, 2.05) is 0 Å². The third-order valence-corrected chi connectivity index (χ3v) is 6.55. The minimum absolute atomic E-state index is 0.00607. The first-order valence-corrected chi connectivity index (χ1v) is 13.6. The zero-order valence-electron chi connectivity index (χ0n) is 23.4. The highest BCUT2D eigenvalue weighted by atomic mass is 16.4. The zero-order chi connectivity index (χ0) is 30.5. The van der Waals surface area contributed by atoms with Gasteiger partial charge in [-0.05, 0) is 73.5 Å². The summed E-state index contributed by atoms with van der Waals surface area (Å²) >= 11 is 0. The Kier molecular flexibility index (Phi) is 13.0. The van der Waals surface area contributed by atoms with Crippen molar-refractivity contribution in [1.29, 1.82) is 0 Å². The molecule has 224 valence electrons. The number of hydrogen-bond donors (Lipinski definition) is 8. The Morgan fingerprint density at radius 1 is 0.732 bits per heavy atom. The molecule has 4 atom stereocenters. The lowest BCUT2D eigenvalue weighted by Gasteiger charge is -2.27. The number of rotatable bonds is 16. The van der Waals surface area contributed by atoms with Gasteiger partial charge in [0, 0.05) is 6.42 Å². The Balaban J connectivity index is 2.18. The van der Waals surface area contributed by atoms with Crippen LogP contribution in [0, 0.1) is 5.92 Å². The van der Waals surface area contributed by atoms with E-state index in [2.05, 4.69) is 16.0 Å². The van der Waals surface area contributed by atoms with Crippen molar-refractivity contribution >= 4 is 23.7 Å². The van der Waals surface area contributed by atoms with Crippen LogP contribution in [0.1, 0.15) is 44.2 Å². The second-order valence-electron chi connectivity index (χ2n) is 10.3. The summed E-state index contributed by atoms with van der Waals surface area (Å²) in [6.07, 6.45) is 1.44. The minimum atomic E-state index is -1.21. The van der Waals surface area contributed by atoms with Crippen LogP contribution >= 0.6 is 0 Å². The number of unbranched alkanes of at least 4 members (excludes halogenated alkanes) is 1. The Morgan fingerprint density at radius 3 is 1.73 bits per heavy atom. The minimum Gasteiger partial charge on any atom is -0.508 e. The predicted molar refractivity (Wildman–Crippen MR) is 153 cm³/mol. The molecule has 2 rings (SSSR count). The number of carbonyl (C=O) groups excluding carboxylic acids is 3. The molecular weight excluding hydrogens is 530 g/mol. The van der Waals surface area contributed by atoms with E-state index < -0.39 is 47.9 Å². The molecule has 12 nitrogen and oxygen atoms in total. The Morgan fingerprint density at radius 2 is 1.24 bits per heavy atom. The van der Waals surface area contributed by atoms with Gasteiger partial charge in [0.05, 0.1) is 6.04 Å². The predicted octanol–water partition coefficient (Wildman–Crippen LogP) is 0.534. The van der Waals surface area contributed by atoms with Gasteiger partial charge in [0.25, 0.3) is 0 Å². The molecule has 0 saturated carbocycles. The molecule has 0 spiro atoms. The molecule has 3 amide bonds. The molecule has 2 aromatic carbocycles. The van der Waals surface area contributed by atoms with E-state index in [0.717, 1.165) is 5.56 Å². The van der Waals surface area contributed by atoms with Gasteiger partial charge in [-0.3, -0.25) is 14.4 Å². The topological polar surface area (TPSA) is 217 Å². The zero-order valence-corrected chi connectivity index (χ0v) is 23.4. The normalized spacial score (nSPS) is 14.0. The molecule has 0 aliphatic heterocycles. The monoisotopic (exact) mass is 571 g/mol. The van der Waals surface area contributed by atoms with Gasteiger partial charge in [0.2, 0.25) is 17.7 Å². The van der Waals surface area contributed by atoms with Crippen molar-refractivity contribution in [2.45, 2.75) is 70.1 Å². The van der Waals surface area contributed by atoms with Gasteiger partial charge >= 0.3 is 5.97 Å².